The van der Waals surface area contributed by atoms with Gasteiger partial charge < -0.3 is 9.15 Å². The van der Waals surface area contributed by atoms with Crippen molar-refractivity contribution in [3.63, 3.8) is 0 Å². The highest BCUT2D eigenvalue weighted by Crippen LogP contribution is 2.41. The smallest absolute Gasteiger partial charge is 0.342 e. The molecule has 0 aliphatic carbocycles. The summed E-state index contributed by atoms with van der Waals surface area (Å²) in [7, 11) is -2.60. The zero-order chi connectivity index (χ0) is 25.0. The van der Waals surface area contributed by atoms with Crippen LogP contribution in [0.3, 0.4) is 0 Å². The van der Waals surface area contributed by atoms with E-state index in [1.165, 1.54) is 7.11 Å². The van der Waals surface area contributed by atoms with Crippen LogP contribution in [0, 0.1) is 0 Å². The molecule has 5 rings (SSSR count). The molecule has 0 aliphatic heterocycles. The number of hydrogen-bond acceptors (Lipinski definition) is 5. The Morgan fingerprint density at radius 1 is 0.857 bits per heavy atom. The van der Waals surface area contributed by atoms with E-state index in [1.54, 1.807) is 24.3 Å². The number of hydrogen-bond donors (Lipinski definition) is 1. The number of esters is 1. The minimum Gasteiger partial charge on any atom is -0.465 e. The number of ether oxygens (including phenoxy) is 1. The van der Waals surface area contributed by atoms with Gasteiger partial charge >= 0.3 is 5.97 Å². The second-order valence-electron chi connectivity index (χ2n) is 9.51. The van der Waals surface area contributed by atoms with E-state index in [2.05, 4.69) is 4.72 Å². The van der Waals surface area contributed by atoms with Gasteiger partial charge in [-0.05, 0) is 29.0 Å². The largest absolute Gasteiger partial charge is 0.465 e. The Bertz CT molecular complexity index is 1730. The maximum Gasteiger partial charge on any atom is 0.342 e. The van der Waals surface area contributed by atoms with Crippen molar-refractivity contribution < 1.29 is 22.4 Å². The summed E-state index contributed by atoms with van der Waals surface area (Å²) in [5, 5.41) is 3.64. The van der Waals surface area contributed by atoms with Crippen molar-refractivity contribution in [3.8, 4) is 0 Å². The van der Waals surface area contributed by atoms with Crippen LogP contribution >= 0.6 is 0 Å². The molecular weight excluding hydrogens is 462 g/mol. The number of nitrogens with one attached hydrogen (secondary N) is 1. The van der Waals surface area contributed by atoms with E-state index < -0.39 is 21.4 Å². The maximum absolute atomic E-state index is 13.4. The average Bonchev–Trinajstić information content (AvgIpc) is 3.23. The SMILES string of the molecule is COC(=O)c1c(C(C)(C)C)oc2c1cc(NS(=O)(=O)c1ccc3ccccc3c1)c1ccccc12. The lowest BCUT2D eigenvalue weighted by molar-refractivity contribution is 0.0598. The number of furan rings is 1. The van der Waals surface area contributed by atoms with Crippen molar-refractivity contribution in [2.45, 2.75) is 31.1 Å². The van der Waals surface area contributed by atoms with Crippen LogP contribution in [0.25, 0.3) is 32.5 Å². The highest BCUT2D eigenvalue weighted by Gasteiger charge is 2.31. The molecule has 1 aromatic heterocycles. The third kappa shape index (κ3) is 3.91. The number of carbonyl (C=O) groups excluding carboxylic acids is 1. The van der Waals surface area contributed by atoms with Gasteiger partial charge in [-0.1, -0.05) is 75.4 Å². The van der Waals surface area contributed by atoms with Crippen LogP contribution in [0.4, 0.5) is 5.69 Å². The van der Waals surface area contributed by atoms with Crippen LogP contribution in [0.5, 0.6) is 0 Å². The summed E-state index contributed by atoms with van der Waals surface area (Å²) in [6, 6.07) is 21.6. The maximum atomic E-state index is 13.4. The molecule has 0 atom stereocenters. The van der Waals surface area contributed by atoms with E-state index in [1.807, 2.05) is 69.3 Å². The van der Waals surface area contributed by atoms with Gasteiger partial charge in [-0.25, -0.2) is 13.2 Å². The van der Waals surface area contributed by atoms with Crippen LogP contribution in [-0.2, 0) is 20.2 Å². The van der Waals surface area contributed by atoms with Gasteiger partial charge in [0.15, 0.2) is 0 Å². The third-order valence-corrected chi connectivity index (χ3v) is 7.41. The van der Waals surface area contributed by atoms with Gasteiger partial charge in [-0.3, -0.25) is 4.72 Å². The standard InChI is InChI=1S/C28H25NO5S/c1-28(2,3)26-24(27(30)33-4)22-16-23(20-11-7-8-12-21(20)25(22)34-26)29-35(31,32)19-14-13-17-9-5-6-10-18(17)15-19/h5-16,29H,1-4H3. The van der Waals surface area contributed by atoms with E-state index in [-0.39, 0.29) is 4.90 Å². The quantitative estimate of drug-likeness (QED) is 0.288. The summed E-state index contributed by atoms with van der Waals surface area (Å²) in [6.07, 6.45) is 0. The molecular formula is C28H25NO5S. The van der Waals surface area contributed by atoms with Crippen LogP contribution in [-0.4, -0.2) is 21.5 Å². The molecule has 178 valence electrons. The fourth-order valence-corrected chi connectivity index (χ4v) is 5.48. The molecule has 0 unspecified atom stereocenters. The van der Waals surface area contributed by atoms with E-state index in [9.17, 15) is 13.2 Å². The molecule has 0 bridgehead atoms. The minimum absolute atomic E-state index is 0.149. The molecule has 0 radical (unpaired) electrons. The molecule has 0 spiro atoms. The van der Waals surface area contributed by atoms with Crippen molar-refractivity contribution in [1.29, 1.82) is 0 Å². The van der Waals surface area contributed by atoms with Crippen molar-refractivity contribution in [2.75, 3.05) is 11.8 Å². The lowest BCUT2D eigenvalue weighted by atomic mass is 9.89. The van der Waals surface area contributed by atoms with Crippen LogP contribution in [0.1, 0.15) is 36.9 Å². The van der Waals surface area contributed by atoms with Gasteiger partial charge in [0.25, 0.3) is 10.0 Å². The Morgan fingerprint density at radius 3 is 2.20 bits per heavy atom. The van der Waals surface area contributed by atoms with Crippen molar-refractivity contribution >= 4 is 54.2 Å². The Labute approximate surface area is 203 Å². The van der Waals surface area contributed by atoms with E-state index in [4.69, 9.17) is 9.15 Å². The van der Waals surface area contributed by atoms with E-state index in [0.29, 0.717) is 38.8 Å². The first-order valence-electron chi connectivity index (χ1n) is 11.2. The number of fused-ring (bicyclic) bond motifs is 4. The zero-order valence-electron chi connectivity index (χ0n) is 19.9. The summed E-state index contributed by atoms with van der Waals surface area (Å²) >= 11 is 0. The van der Waals surface area contributed by atoms with Gasteiger partial charge in [0.05, 0.1) is 17.7 Å². The van der Waals surface area contributed by atoms with Crippen LogP contribution < -0.4 is 4.72 Å². The molecule has 4 aromatic carbocycles. The number of anilines is 1. The average molecular weight is 488 g/mol. The number of methoxy groups -OCH3 is 1. The first kappa shape index (κ1) is 22.9. The lowest BCUT2D eigenvalue weighted by Crippen LogP contribution is -2.16. The Balaban J connectivity index is 1.74. The molecule has 7 heteroatoms. The Hall–Kier alpha value is -3.84. The molecule has 1 heterocycles. The second kappa shape index (κ2) is 8.13. The van der Waals surface area contributed by atoms with Gasteiger partial charge in [0.1, 0.15) is 16.9 Å². The molecule has 0 aliphatic rings. The molecule has 1 N–H and O–H groups in total. The third-order valence-electron chi connectivity index (χ3n) is 6.04. The number of carbonyl (C=O) groups is 1. The van der Waals surface area contributed by atoms with Crippen molar-refractivity contribution in [3.05, 3.63) is 84.1 Å². The van der Waals surface area contributed by atoms with Gasteiger partial charge in [0, 0.05) is 21.6 Å². The first-order valence-corrected chi connectivity index (χ1v) is 12.7. The van der Waals surface area contributed by atoms with E-state index >= 15 is 0 Å². The molecule has 0 fully saturated rings. The molecule has 0 saturated heterocycles. The normalized spacial score (nSPS) is 12.3. The predicted octanol–water partition coefficient (Wildman–Crippen LogP) is 6.62. The van der Waals surface area contributed by atoms with E-state index in [0.717, 1.165) is 10.8 Å². The Kier molecular flexibility index (Phi) is 5.33. The fourth-order valence-electron chi connectivity index (χ4n) is 4.38. The fraction of sp³-hybridized carbons (Fsp3) is 0.179. The van der Waals surface area contributed by atoms with Crippen molar-refractivity contribution in [2.24, 2.45) is 0 Å². The topological polar surface area (TPSA) is 85.6 Å². The molecule has 35 heavy (non-hydrogen) atoms. The van der Waals surface area contributed by atoms with Crippen molar-refractivity contribution in [1.82, 2.24) is 0 Å². The summed E-state index contributed by atoms with van der Waals surface area (Å²) < 4.78 is 40.9. The summed E-state index contributed by atoms with van der Waals surface area (Å²) in [4.78, 5) is 13.0. The zero-order valence-corrected chi connectivity index (χ0v) is 20.7. The van der Waals surface area contributed by atoms with Gasteiger partial charge in [-0.15, -0.1) is 0 Å². The summed E-state index contributed by atoms with van der Waals surface area (Å²) in [6.45, 7) is 5.84. The summed E-state index contributed by atoms with van der Waals surface area (Å²) in [5.74, 6) is -0.0497. The van der Waals surface area contributed by atoms with Gasteiger partial charge in [0.2, 0.25) is 0 Å². The second-order valence-corrected chi connectivity index (χ2v) is 11.2. The lowest BCUT2D eigenvalue weighted by Gasteiger charge is -2.16. The van der Waals surface area contributed by atoms with Crippen LogP contribution in [0.2, 0.25) is 0 Å². The predicted molar refractivity (Wildman–Crippen MR) is 139 cm³/mol. The molecule has 5 aromatic rings. The first-order chi connectivity index (χ1) is 16.6. The number of rotatable bonds is 4. The monoisotopic (exact) mass is 487 g/mol. The highest BCUT2D eigenvalue weighted by atomic mass is 32.2. The number of benzene rings is 4. The van der Waals surface area contributed by atoms with Gasteiger partial charge in [-0.2, -0.15) is 0 Å². The number of sulfonamides is 1. The minimum atomic E-state index is -3.92. The van der Waals surface area contributed by atoms with Crippen LogP contribution in [0.15, 0.2) is 82.1 Å². The molecule has 0 saturated carbocycles. The molecule has 6 nitrogen and oxygen atoms in total. The highest BCUT2D eigenvalue weighted by molar-refractivity contribution is 7.92. The molecule has 0 amide bonds. The summed E-state index contributed by atoms with van der Waals surface area (Å²) in [5.41, 5.74) is 0.688. The Morgan fingerprint density at radius 2 is 1.51 bits per heavy atom.